The first-order valence-corrected chi connectivity index (χ1v) is 11.6. The van der Waals surface area contributed by atoms with Crippen molar-refractivity contribution in [3.8, 4) is 6.07 Å². The summed E-state index contributed by atoms with van der Waals surface area (Å²) in [7, 11) is 0. The second kappa shape index (κ2) is 9.89. The van der Waals surface area contributed by atoms with Gasteiger partial charge in [-0.2, -0.15) is 5.26 Å². The number of hydrogen-bond acceptors (Lipinski definition) is 5. The molecule has 1 fully saturated rings. The standard InChI is InChI=1S/C26H23FN4O2S/c1-3-5-22-18(2)24(29-11-13-30(14-12-29)26(33)23-6-4-15-34-23)21(16-28)25(32)31(22)17-19-7-9-20(27)10-8-19/h3-10,15H,1-2,11-14,17H2/b22-5+. The van der Waals surface area contributed by atoms with Crippen molar-refractivity contribution in [2.75, 3.05) is 31.1 Å². The van der Waals surface area contributed by atoms with E-state index in [2.05, 4.69) is 19.2 Å². The van der Waals surface area contributed by atoms with Crippen LogP contribution >= 0.6 is 11.3 Å². The second-order valence-corrected chi connectivity index (χ2v) is 8.82. The first kappa shape index (κ1) is 23.2. The quantitative estimate of drug-likeness (QED) is 0.569. The third-order valence-electron chi connectivity index (χ3n) is 5.84. The van der Waals surface area contributed by atoms with Gasteiger partial charge in [-0.25, -0.2) is 4.39 Å². The number of nitrogens with zero attached hydrogens (tertiary/aromatic N) is 4. The number of anilines is 1. The lowest BCUT2D eigenvalue weighted by atomic mass is 10.1. The minimum absolute atomic E-state index is 0.00589. The molecule has 1 aliphatic heterocycles. The van der Waals surface area contributed by atoms with Crippen molar-refractivity contribution in [2.45, 2.75) is 6.54 Å². The third kappa shape index (κ3) is 4.43. The van der Waals surface area contributed by atoms with Crippen LogP contribution in [-0.4, -0.2) is 41.6 Å². The molecule has 4 rings (SSSR count). The van der Waals surface area contributed by atoms with Gasteiger partial charge in [0.25, 0.3) is 11.5 Å². The SMILES string of the molecule is C=C/C=c1\c(=C)c(N2CCN(C(=O)c3cccs3)CC2)c(C#N)c(=O)n1Cc1ccc(F)cc1. The highest BCUT2D eigenvalue weighted by atomic mass is 32.1. The summed E-state index contributed by atoms with van der Waals surface area (Å²) < 4.78 is 14.8. The number of piperazine rings is 1. The zero-order chi connectivity index (χ0) is 24.2. The van der Waals surface area contributed by atoms with E-state index in [4.69, 9.17) is 0 Å². The summed E-state index contributed by atoms with van der Waals surface area (Å²) in [6, 6.07) is 11.6. The summed E-state index contributed by atoms with van der Waals surface area (Å²) in [5.41, 5.74) is 0.768. The minimum atomic E-state index is -0.445. The van der Waals surface area contributed by atoms with Gasteiger partial charge in [-0.3, -0.25) is 9.59 Å². The number of aromatic nitrogens is 1. The maximum absolute atomic E-state index is 13.4. The zero-order valence-corrected chi connectivity index (χ0v) is 19.4. The van der Waals surface area contributed by atoms with Crippen molar-refractivity contribution in [3.63, 3.8) is 0 Å². The highest BCUT2D eigenvalue weighted by molar-refractivity contribution is 7.12. The fourth-order valence-electron chi connectivity index (χ4n) is 4.15. The van der Waals surface area contributed by atoms with E-state index < -0.39 is 5.56 Å². The minimum Gasteiger partial charge on any atom is -0.366 e. The summed E-state index contributed by atoms with van der Waals surface area (Å²) in [6.45, 7) is 10.0. The first-order chi connectivity index (χ1) is 16.4. The van der Waals surface area contributed by atoms with Gasteiger partial charge in [-0.05, 0) is 35.2 Å². The van der Waals surface area contributed by atoms with Crippen LogP contribution in [0.5, 0.6) is 0 Å². The fourth-order valence-corrected chi connectivity index (χ4v) is 4.84. The van der Waals surface area contributed by atoms with Gasteiger partial charge in [0.05, 0.1) is 22.5 Å². The Hall–Kier alpha value is -3.96. The van der Waals surface area contributed by atoms with Gasteiger partial charge < -0.3 is 14.4 Å². The summed E-state index contributed by atoms with van der Waals surface area (Å²) in [4.78, 5) is 30.5. The largest absolute Gasteiger partial charge is 0.366 e. The Morgan fingerprint density at radius 2 is 1.88 bits per heavy atom. The maximum Gasteiger partial charge on any atom is 0.271 e. The number of allylic oxidation sites excluding steroid dienone is 1. The second-order valence-electron chi connectivity index (χ2n) is 7.88. The molecule has 0 atom stereocenters. The number of halogens is 1. The van der Waals surface area contributed by atoms with Crippen molar-refractivity contribution in [1.29, 1.82) is 5.26 Å². The molecular formula is C26H23FN4O2S. The number of benzene rings is 1. The summed E-state index contributed by atoms with van der Waals surface area (Å²) >= 11 is 1.41. The van der Waals surface area contributed by atoms with Crippen LogP contribution in [0.3, 0.4) is 0 Å². The Labute approximate surface area is 200 Å². The van der Waals surface area contributed by atoms with Crippen molar-refractivity contribution in [1.82, 2.24) is 9.47 Å². The molecule has 0 N–H and O–H groups in total. The maximum atomic E-state index is 13.4. The Bertz CT molecular complexity index is 1430. The predicted molar refractivity (Wildman–Crippen MR) is 133 cm³/mol. The van der Waals surface area contributed by atoms with E-state index in [1.54, 1.807) is 35.3 Å². The van der Waals surface area contributed by atoms with E-state index in [1.807, 2.05) is 16.3 Å². The molecule has 1 amide bonds. The number of nitriles is 1. The lowest BCUT2D eigenvalue weighted by molar-refractivity contribution is 0.0751. The van der Waals surface area contributed by atoms with Gasteiger partial charge in [-0.15, -0.1) is 11.3 Å². The van der Waals surface area contributed by atoms with E-state index in [-0.39, 0.29) is 23.8 Å². The van der Waals surface area contributed by atoms with Crippen molar-refractivity contribution in [2.24, 2.45) is 0 Å². The van der Waals surface area contributed by atoms with Crippen LogP contribution in [-0.2, 0) is 6.54 Å². The molecular weight excluding hydrogens is 451 g/mol. The van der Waals surface area contributed by atoms with Crippen LogP contribution in [0, 0.1) is 17.1 Å². The van der Waals surface area contributed by atoms with Crippen LogP contribution in [0.1, 0.15) is 20.8 Å². The molecule has 172 valence electrons. The molecule has 0 aliphatic carbocycles. The molecule has 0 bridgehead atoms. The predicted octanol–water partition coefficient (Wildman–Crippen LogP) is 2.31. The first-order valence-electron chi connectivity index (χ1n) is 10.8. The third-order valence-corrected chi connectivity index (χ3v) is 6.70. The highest BCUT2D eigenvalue weighted by Gasteiger charge is 2.26. The van der Waals surface area contributed by atoms with Gasteiger partial charge in [0.2, 0.25) is 0 Å². The fraction of sp³-hybridized carbons (Fsp3) is 0.192. The molecule has 8 heteroatoms. The number of thiophene rings is 1. The Morgan fingerprint density at radius 1 is 1.18 bits per heavy atom. The van der Waals surface area contributed by atoms with Gasteiger partial charge in [0, 0.05) is 31.4 Å². The van der Waals surface area contributed by atoms with Crippen molar-refractivity contribution >= 4 is 35.6 Å². The Kier molecular flexibility index (Phi) is 6.75. The smallest absolute Gasteiger partial charge is 0.271 e. The van der Waals surface area contributed by atoms with Crippen LogP contribution in [0.15, 0.2) is 59.2 Å². The highest BCUT2D eigenvalue weighted by Crippen LogP contribution is 2.17. The number of pyridine rings is 1. The topological polar surface area (TPSA) is 69.3 Å². The normalized spacial score (nSPS) is 14.2. The van der Waals surface area contributed by atoms with Crippen LogP contribution in [0.25, 0.3) is 12.7 Å². The lowest BCUT2D eigenvalue weighted by Gasteiger charge is -2.36. The number of amides is 1. The molecule has 1 aromatic carbocycles. The van der Waals surface area contributed by atoms with E-state index in [0.717, 1.165) is 5.56 Å². The molecule has 3 heterocycles. The van der Waals surface area contributed by atoms with Crippen LogP contribution in [0.2, 0.25) is 0 Å². The Balaban J connectivity index is 1.71. The van der Waals surface area contributed by atoms with E-state index in [9.17, 15) is 19.2 Å². The molecule has 0 radical (unpaired) electrons. The van der Waals surface area contributed by atoms with Crippen LogP contribution in [0.4, 0.5) is 10.1 Å². The van der Waals surface area contributed by atoms with Gasteiger partial charge in [0.1, 0.15) is 17.4 Å². The van der Waals surface area contributed by atoms with Gasteiger partial charge in [0.15, 0.2) is 0 Å². The van der Waals surface area contributed by atoms with Crippen LogP contribution < -0.4 is 21.0 Å². The molecule has 3 aromatic rings. The molecule has 34 heavy (non-hydrogen) atoms. The molecule has 1 aliphatic rings. The van der Waals surface area contributed by atoms with Crippen molar-refractivity contribution in [3.05, 3.63) is 97.2 Å². The van der Waals surface area contributed by atoms with E-state index in [1.165, 1.54) is 28.0 Å². The number of hydrogen-bond donors (Lipinski definition) is 0. The average Bonchev–Trinajstić information content (AvgIpc) is 3.39. The molecule has 2 aromatic heterocycles. The lowest BCUT2D eigenvalue weighted by Crippen LogP contribution is -2.53. The van der Waals surface area contributed by atoms with Crippen molar-refractivity contribution < 1.29 is 9.18 Å². The number of carbonyl (C=O) groups excluding carboxylic acids is 1. The van der Waals surface area contributed by atoms with Gasteiger partial charge >= 0.3 is 0 Å². The number of rotatable bonds is 5. The summed E-state index contributed by atoms with van der Waals surface area (Å²) in [5, 5.41) is 12.9. The van der Waals surface area contributed by atoms with Gasteiger partial charge in [-0.1, -0.05) is 37.4 Å². The molecule has 6 nitrogen and oxygen atoms in total. The summed E-state index contributed by atoms with van der Waals surface area (Å²) in [5.74, 6) is -0.378. The monoisotopic (exact) mass is 474 g/mol. The Morgan fingerprint density at radius 3 is 2.47 bits per heavy atom. The summed E-state index contributed by atoms with van der Waals surface area (Å²) in [6.07, 6.45) is 3.26. The molecule has 0 unspecified atom stereocenters. The zero-order valence-electron chi connectivity index (χ0n) is 18.5. The van der Waals surface area contributed by atoms with E-state index >= 15 is 0 Å². The van der Waals surface area contributed by atoms with E-state index in [0.29, 0.717) is 47.3 Å². The number of carbonyl (C=O) groups is 1. The average molecular weight is 475 g/mol. The molecule has 1 saturated heterocycles. The molecule has 0 saturated carbocycles. The molecule has 0 spiro atoms.